The van der Waals surface area contributed by atoms with Crippen LogP contribution in [0.25, 0.3) is 0 Å². The maximum absolute atomic E-state index is 11.9. The number of Topliss-reactive ketones (excluding diaryl/α,β-unsaturated/α-hetero) is 1. The van der Waals surface area contributed by atoms with E-state index in [4.69, 9.17) is 4.74 Å². The first-order valence-corrected chi connectivity index (χ1v) is 6.42. The molecule has 0 bridgehead atoms. The largest absolute Gasteiger partial charge is 0.461 e. The van der Waals surface area contributed by atoms with Crippen molar-refractivity contribution in [3.8, 4) is 0 Å². The van der Waals surface area contributed by atoms with Crippen molar-refractivity contribution in [2.24, 2.45) is 11.8 Å². The average molecular weight is 246 g/mol. The van der Waals surface area contributed by atoms with Crippen molar-refractivity contribution < 1.29 is 14.3 Å². The molecule has 2 atom stereocenters. The molecule has 1 aliphatic carbocycles. The van der Waals surface area contributed by atoms with E-state index in [1.807, 2.05) is 30.3 Å². The fourth-order valence-electron chi connectivity index (χ4n) is 2.40. The summed E-state index contributed by atoms with van der Waals surface area (Å²) in [5.74, 6) is -0.504. The summed E-state index contributed by atoms with van der Waals surface area (Å²) < 4.78 is 5.26. The molecule has 1 saturated carbocycles. The van der Waals surface area contributed by atoms with Gasteiger partial charge < -0.3 is 4.74 Å². The normalized spacial score (nSPS) is 20.7. The molecular formula is C15H18O3. The summed E-state index contributed by atoms with van der Waals surface area (Å²) in [4.78, 5) is 23.5. The topological polar surface area (TPSA) is 43.4 Å². The first-order chi connectivity index (χ1) is 8.68. The molecule has 18 heavy (non-hydrogen) atoms. The summed E-state index contributed by atoms with van der Waals surface area (Å²) in [5.41, 5.74) is 0.968. The van der Waals surface area contributed by atoms with Gasteiger partial charge in [-0.05, 0) is 18.4 Å². The van der Waals surface area contributed by atoms with Crippen LogP contribution in [0.2, 0.25) is 0 Å². The zero-order chi connectivity index (χ0) is 13.0. The second-order valence-electron chi connectivity index (χ2n) is 4.85. The van der Waals surface area contributed by atoms with Crippen LogP contribution in [0, 0.1) is 11.8 Å². The molecule has 0 radical (unpaired) electrons. The Morgan fingerprint density at radius 1 is 1.39 bits per heavy atom. The Kier molecular flexibility index (Phi) is 4.13. The summed E-state index contributed by atoms with van der Waals surface area (Å²) in [6.45, 7) is 2.08. The van der Waals surface area contributed by atoms with Crippen LogP contribution in [0.1, 0.15) is 31.7 Å². The van der Waals surface area contributed by atoms with Gasteiger partial charge >= 0.3 is 5.97 Å². The molecule has 0 spiro atoms. The lowest BCUT2D eigenvalue weighted by Crippen LogP contribution is -2.25. The van der Waals surface area contributed by atoms with Crippen molar-refractivity contribution in [3.63, 3.8) is 0 Å². The lowest BCUT2D eigenvalue weighted by atomic mass is 9.92. The van der Waals surface area contributed by atoms with Crippen molar-refractivity contribution in [3.05, 3.63) is 35.9 Å². The molecular weight excluding hydrogens is 228 g/mol. The third kappa shape index (κ3) is 2.97. The minimum absolute atomic E-state index is 0.131. The second kappa shape index (κ2) is 5.80. The molecule has 0 heterocycles. The van der Waals surface area contributed by atoms with Gasteiger partial charge in [0, 0.05) is 12.3 Å². The van der Waals surface area contributed by atoms with Crippen LogP contribution in [-0.4, -0.2) is 11.8 Å². The van der Waals surface area contributed by atoms with E-state index >= 15 is 0 Å². The van der Waals surface area contributed by atoms with E-state index in [-0.39, 0.29) is 30.2 Å². The van der Waals surface area contributed by atoms with Crippen LogP contribution >= 0.6 is 0 Å². The number of rotatable bonds is 4. The van der Waals surface area contributed by atoms with E-state index in [1.54, 1.807) is 6.92 Å². The van der Waals surface area contributed by atoms with Crippen molar-refractivity contribution in [1.82, 2.24) is 0 Å². The lowest BCUT2D eigenvalue weighted by Gasteiger charge is -2.16. The van der Waals surface area contributed by atoms with Gasteiger partial charge in [-0.1, -0.05) is 37.3 Å². The Labute approximate surface area is 107 Å². The van der Waals surface area contributed by atoms with E-state index in [2.05, 4.69) is 0 Å². The van der Waals surface area contributed by atoms with Gasteiger partial charge in [0.1, 0.15) is 12.4 Å². The number of hydrogen-bond acceptors (Lipinski definition) is 3. The monoisotopic (exact) mass is 246 g/mol. The first kappa shape index (κ1) is 12.8. The highest BCUT2D eigenvalue weighted by atomic mass is 16.5. The molecule has 1 fully saturated rings. The molecule has 2 rings (SSSR count). The van der Waals surface area contributed by atoms with E-state index < -0.39 is 0 Å². The molecule has 1 aromatic rings. The fourth-order valence-corrected chi connectivity index (χ4v) is 2.40. The zero-order valence-corrected chi connectivity index (χ0v) is 10.6. The molecule has 0 amide bonds. The van der Waals surface area contributed by atoms with Crippen LogP contribution in [0.15, 0.2) is 30.3 Å². The quantitative estimate of drug-likeness (QED) is 0.767. The number of ether oxygens (including phenoxy) is 1. The maximum Gasteiger partial charge on any atom is 0.309 e. The standard InChI is InChI=1S/C15H18O3/c1-11(13-8-5-9-14(13)16)15(17)18-10-12-6-3-2-4-7-12/h2-4,6-7,11,13H,5,8-10H2,1H3. The van der Waals surface area contributed by atoms with E-state index in [0.29, 0.717) is 6.42 Å². The van der Waals surface area contributed by atoms with E-state index in [0.717, 1.165) is 18.4 Å². The highest BCUT2D eigenvalue weighted by Gasteiger charge is 2.34. The number of ketones is 1. The SMILES string of the molecule is CC(C(=O)OCc1ccccc1)C1CCCC1=O. The molecule has 1 aliphatic rings. The molecule has 0 saturated heterocycles. The minimum Gasteiger partial charge on any atom is -0.461 e. The van der Waals surface area contributed by atoms with Crippen molar-refractivity contribution in [1.29, 1.82) is 0 Å². The minimum atomic E-state index is -0.316. The van der Waals surface area contributed by atoms with Gasteiger partial charge in [-0.15, -0.1) is 0 Å². The summed E-state index contributed by atoms with van der Waals surface area (Å²) in [5, 5.41) is 0. The van der Waals surface area contributed by atoms with Crippen molar-refractivity contribution in [2.45, 2.75) is 32.8 Å². The summed E-state index contributed by atoms with van der Waals surface area (Å²) in [7, 11) is 0. The maximum atomic E-state index is 11.9. The van der Waals surface area contributed by atoms with Crippen LogP contribution in [0.4, 0.5) is 0 Å². The third-order valence-electron chi connectivity index (χ3n) is 3.55. The average Bonchev–Trinajstić information content (AvgIpc) is 2.82. The van der Waals surface area contributed by atoms with Gasteiger partial charge in [-0.2, -0.15) is 0 Å². The van der Waals surface area contributed by atoms with E-state index in [9.17, 15) is 9.59 Å². The number of hydrogen-bond donors (Lipinski definition) is 0. The highest BCUT2D eigenvalue weighted by Crippen LogP contribution is 2.29. The fraction of sp³-hybridized carbons (Fsp3) is 0.467. The Bertz CT molecular complexity index is 425. The molecule has 0 aromatic heterocycles. The summed E-state index contributed by atoms with van der Waals surface area (Å²) in [6, 6.07) is 9.57. The van der Waals surface area contributed by atoms with Gasteiger partial charge in [-0.3, -0.25) is 9.59 Å². The third-order valence-corrected chi connectivity index (χ3v) is 3.55. The first-order valence-electron chi connectivity index (χ1n) is 6.42. The lowest BCUT2D eigenvalue weighted by molar-refractivity contribution is -0.152. The van der Waals surface area contributed by atoms with Gasteiger partial charge in [0.2, 0.25) is 0 Å². The molecule has 96 valence electrons. The van der Waals surface area contributed by atoms with E-state index in [1.165, 1.54) is 0 Å². The Morgan fingerprint density at radius 2 is 2.11 bits per heavy atom. The molecule has 2 unspecified atom stereocenters. The Hall–Kier alpha value is -1.64. The van der Waals surface area contributed by atoms with Crippen LogP contribution in [-0.2, 0) is 20.9 Å². The summed E-state index contributed by atoms with van der Waals surface area (Å²) in [6.07, 6.45) is 2.33. The highest BCUT2D eigenvalue weighted by molar-refractivity contribution is 5.88. The van der Waals surface area contributed by atoms with Gasteiger partial charge in [0.25, 0.3) is 0 Å². The molecule has 3 heteroatoms. The van der Waals surface area contributed by atoms with Crippen LogP contribution in [0.3, 0.4) is 0 Å². The predicted molar refractivity (Wildman–Crippen MR) is 67.8 cm³/mol. The summed E-state index contributed by atoms with van der Waals surface area (Å²) >= 11 is 0. The van der Waals surface area contributed by atoms with Crippen molar-refractivity contribution >= 4 is 11.8 Å². The van der Waals surface area contributed by atoms with Gasteiger partial charge in [-0.25, -0.2) is 0 Å². The number of carbonyl (C=O) groups is 2. The molecule has 0 N–H and O–H groups in total. The van der Waals surface area contributed by atoms with Crippen LogP contribution < -0.4 is 0 Å². The smallest absolute Gasteiger partial charge is 0.309 e. The van der Waals surface area contributed by atoms with Gasteiger partial charge in [0.15, 0.2) is 0 Å². The molecule has 1 aromatic carbocycles. The Balaban J connectivity index is 1.86. The Morgan fingerprint density at radius 3 is 2.72 bits per heavy atom. The molecule has 3 nitrogen and oxygen atoms in total. The second-order valence-corrected chi connectivity index (χ2v) is 4.85. The zero-order valence-electron chi connectivity index (χ0n) is 10.6. The number of esters is 1. The predicted octanol–water partition coefficient (Wildman–Crippen LogP) is 2.74. The van der Waals surface area contributed by atoms with Crippen LogP contribution in [0.5, 0.6) is 0 Å². The van der Waals surface area contributed by atoms with Gasteiger partial charge in [0.05, 0.1) is 5.92 Å². The van der Waals surface area contributed by atoms with Crippen molar-refractivity contribution in [2.75, 3.05) is 0 Å². The molecule has 0 aliphatic heterocycles. The number of benzene rings is 1. The number of carbonyl (C=O) groups excluding carboxylic acids is 2.